The molecule has 0 saturated heterocycles. The number of hydrogen-bond donors (Lipinski definition) is 4. The summed E-state index contributed by atoms with van der Waals surface area (Å²) in [4.78, 5) is 16.2. The lowest BCUT2D eigenvalue weighted by Crippen LogP contribution is -2.43. The molecular formula is C16H25ClN4O6S. The van der Waals surface area contributed by atoms with Crippen molar-refractivity contribution in [3.05, 3.63) is 29.8 Å². The molecule has 0 heterocycles. The Morgan fingerprint density at radius 1 is 1.21 bits per heavy atom. The first-order chi connectivity index (χ1) is 13.2. The molecule has 1 rings (SSSR count). The van der Waals surface area contributed by atoms with E-state index in [1.807, 2.05) is 0 Å². The average molecular weight is 437 g/mol. The van der Waals surface area contributed by atoms with E-state index in [1.54, 1.807) is 24.3 Å². The molecule has 0 spiro atoms. The molecule has 1 aromatic carbocycles. The van der Waals surface area contributed by atoms with Gasteiger partial charge in [0.15, 0.2) is 0 Å². The highest BCUT2D eigenvalue weighted by atomic mass is 35.5. The Morgan fingerprint density at radius 2 is 1.89 bits per heavy atom. The van der Waals surface area contributed by atoms with Gasteiger partial charge in [-0.25, -0.2) is 13.1 Å². The Hall–Kier alpha value is -2.24. The minimum atomic E-state index is -3.72. The quantitative estimate of drug-likeness (QED) is 0.105. The number of sulfonamides is 1. The predicted octanol–water partition coefficient (Wildman–Crippen LogP) is 0.205. The van der Waals surface area contributed by atoms with Gasteiger partial charge in [0.1, 0.15) is 18.4 Å². The summed E-state index contributed by atoms with van der Waals surface area (Å²) in [6, 6.07) is 5.43. The standard InChI is InChI=1S/C16H25ClN4O6S/c17-7-1-10-28(24,25)21-14(15(22)23)11-12-3-5-13(6-4-12)26-8-2-9-27-20-16(18)19/h3-6,14,21H,1-2,7-11H2,(H,22,23)(H4,18,19,20). The van der Waals surface area contributed by atoms with Gasteiger partial charge in [0.25, 0.3) is 0 Å². The van der Waals surface area contributed by atoms with Gasteiger partial charge in [-0.15, -0.1) is 11.6 Å². The molecule has 158 valence electrons. The molecule has 1 unspecified atom stereocenters. The van der Waals surface area contributed by atoms with Crippen molar-refractivity contribution in [3.63, 3.8) is 0 Å². The Kier molecular flexibility index (Phi) is 10.4. The molecule has 28 heavy (non-hydrogen) atoms. The van der Waals surface area contributed by atoms with E-state index in [2.05, 4.69) is 9.88 Å². The lowest BCUT2D eigenvalue weighted by atomic mass is 10.1. The highest BCUT2D eigenvalue weighted by Crippen LogP contribution is 2.14. The number of ether oxygens (including phenoxy) is 1. The minimum absolute atomic E-state index is 0.00206. The third kappa shape index (κ3) is 10.2. The molecule has 0 amide bonds. The maximum Gasteiger partial charge on any atom is 0.322 e. The molecule has 6 N–H and O–H groups in total. The summed E-state index contributed by atoms with van der Waals surface area (Å²) >= 11 is 5.48. The van der Waals surface area contributed by atoms with Gasteiger partial charge in [0.05, 0.1) is 12.4 Å². The second kappa shape index (κ2) is 12.3. The molecule has 0 aliphatic rings. The van der Waals surface area contributed by atoms with Crippen molar-refractivity contribution in [2.24, 2.45) is 16.6 Å². The van der Waals surface area contributed by atoms with E-state index in [4.69, 9.17) is 32.6 Å². The number of nitrogens with one attached hydrogen (secondary N) is 1. The van der Waals surface area contributed by atoms with Crippen LogP contribution in [0.2, 0.25) is 0 Å². The molecule has 0 radical (unpaired) electrons. The SMILES string of the molecule is NC(N)=NOCCCOc1ccc(CC(NS(=O)(=O)CCCCl)C(=O)O)cc1. The Labute approximate surface area is 168 Å². The van der Waals surface area contributed by atoms with Crippen LogP contribution < -0.4 is 20.9 Å². The molecule has 0 aliphatic carbocycles. The largest absolute Gasteiger partial charge is 0.493 e. The van der Waals surface area contributed by atoms with E-state index in [0.717, 1.165) is 0 Å². The summed E-state index contributed by atoms with van der Waals surface area (Å²) in [6.07, 6.45) is 0.804. The van der Waals surface area contributed by atoms with Crippen LogP contribution >= 0.6 is 11.6 Å². The zero-order chi connectivity index (χ0) is 21.0. The number of oxime groups is 1. The lowest BCUT2D eigenvalue weighted by molar-refractivity contribution is -0.138. The van der Waals surface area contributed by atoms with Crippen LogP contribution in [0.25, 0.3) is 0 Å². The zero-order valence-electron chi connectivity index (χ0n) is 15.2. The molecule has 1 atom stereocenters. The van der Waals surface area contributed by atoms with E-state index < -0.39 is 22.0 Å². The maximum absolute atomic E-state index is 11.9. The average Bonchev–Trinajstić information content (AvgIpc) is 2.63. The minimum Gasteiger partial charge on any atom is -0.493 e. The normalized spacial score (nSPS) is 12.2. The van der Waals surface area contributed by atoms with Gasteiger partial charge >= 0.3 is 5.97 Å². The number of halogens is 1. The van der Waals surface area contributed by atoms with Crippen LogP contribution in [-0.2, 0) is 26.1 Å². The van der Waals surface area contributed by atoms with Gasteiger partial charge in [-0.1, -0.05) is 12.1 Å². The second-order valence-corrected chi connectivity index (χ2v) is 8.02. The molecule has 0 saturated carbocycles. The fourth-order valence-electron chi connectivity index (χ4n) is 2.09. The summed E-state index contributed by atoms with van der Waals surface area (Å²) < 4.78 is 31.5. The zero-order valence-corrected chi connectivity index (χ0v) is 16.8. The predicted molar refractivity (Wildman–Crippen MR) is 106 cm³/mol. The van der Waals surface area contributed by atoms with E-state index in [1.165, 1.54) is 0 Å². The van der Waals surface area contributed by atoms with Crippen molar-refractivity contribution in [2.75, 3.05) is 24.8 Å². The van der Waals surface area contributed by atoms with Gasteiger partial charge in [-0.05, 0) is 35.7 Å². The number of aliphatic carboxylic acids is 1. The fraction of sp³-hybridized carbons (Fsp3) is 0.500. The lowest BCUT2D eigenvalue weighted by Gasteiger charge is -2.15. The number of nitrogens with two attached hydrogens (primary N) is 2. The number of carboxylic acid groups (broad SMARTS) is 1. The number of nitrogens with zero attached hydrogens (tertiary/aromatic N) is 1. The van der Waals surface area contributed by atoms with Gasteiger partial charge in [-0.3, -0.25) is 4.79 Å². The third-order valence-electron chi connectivity index (χ3n) is 3.35. The van der Waals surface area contributed by atoms with Crippen molar-refractivity contribution in [2.45, 2.75) is 25.3 Å². The topological polar surface area (TPSA) is 166 Å². The van der Waals surface area contributed by atoms with E-state index >= 15 is 0 Å². The van der Waals surface area contributed by atoms with Gasteiger partial charge in [0, 0.05) is 12.3 Å². The summed E-state index contributed by atoms with van der Waals surface area (Å²) in [6.45, 7) is 0.664. The van der Waals surface area contributed by atoms with Crippen molar-refractivity contribution in [1.82, 2.24) is 4.72 Å². The molecule has 0 fully saturated rings. The Balaban J connectivity index is 2.52. The number of guanidine groups is 1. The highest BCUT2D eigenvalue weighted by molar-refractivity contribution is 7.89. The summed E-state index contributed by atoms with van der Waals surface area (Å²) in [5, 5.41) is 12.7. The van der Waals surface area contributed by atoms with Crippen LogP contribution in [0, 0.1) is 0 Å². The first-order valence-electron chi connectivity index (χ1n) is 8.45. The van der Waals surface area contributed by atoms with Crippen molar-refractivity contribution in [1.29, 1.82) is 0 Å². The van der Waals surface area contributed by atoms with Crippen LogP contribution in [0.3, 0.4) is 0 Å². The van der Waals surface area contributed by atoms with Crippen LogP contribution in [0.5, 0.6) is 5.75 Å². The van der Waals surface area contributed by atoms with E-state index in [-0.39, 0.29) is 30.4 Å². The van der Waals surface area contributed by atoms with Gasteiger partial charge < -0.3 is 26.1 Å². The first-order valence-corrected chi connectivity index (χ1v) is 10.6. The third-order valence-corrected chi connectivity index (χ3v) is 5.09. The van der Waals surface area contributed by atoms with Crippen molar-refractivity contribution < 1.29 is 27.9 Å². The number of rotatable bonds is 14. The molecule has 0 bridgehead atoms. The second-order valence-electron chi connectivity index (χ2n) is 5.77. The highest BCUT2D eigenvalue weighted by Gasteiger charge is 2.24. The molecule has 0 aromatic heterocycles. The number of carbonyl (C=O) groups is 1. The molecule has 0 aliphatic heterocycles. The smallest absolute Gasteiger partial charge is 0.322 e. The van der Waals surface area contributed by atoms with Gasteiger partial charge in [0.2, 0.25) is 16.0 Å². The number of carboxylic acids is 1. The molecule has 10 nitrogen and oxygen atoms in total. The van der Waals surface area contributed by atoms with Crippen molar-refractivity contribution in [3.8, 4) is 5.75 Å². The number of hydrogen-bond acceptors (Lipinski definition) is 6. The molecular weight excluding hydrogens is 412 g/mol. The van der Waals surface area contributed by atoms with Crippen LogP contribution in [-0.4, -0.2) is 56.3 Å². The Bertz CT molecular complexity index is 738. The molecule has 12 heteroatoms. The van der Waals surface area contributed by atoms with Crippen LogP contribution in [0.15, 0.2) is 29.4 Å². The van der Waals surface area contributed by atoms with Crippen LogP contribution in [0.1, 0.15) is 18.4 Å². The van der Waals surface area contributed by atoms with E-state index in [0.29, 0.717) is 30.9 Å². The monoisotopic (exact) mass is 436 g/mol. The Morgan fingerprint density at radius 3 is 2.46 bits per heavy atom. The number of alkyl halides is 1. The van der Waals surface area contributed by atoms with Crippen LogP contribution in [0.4, 0.5) is 0 Å². The summed E-state index contributed by atoms with van der Waals surface area (Å²) in [5.41, 5.74) is 10.9. The number of benzene rings is 1. The maximum atomic E-state index is 11.9. The van der Waals surface area contributed by atoms with E-state index in [9.17, 15) is 18.3 Å². The summed E-state index contributed by atoms with van der Waals surface area (Å²) in [7, 11) is -3.72. The van der Waals surface area contributed by atoms with Crippen molar-refractivity contribution >= 4 is 33.6 Å². The molecule has 1 aromatic rings. The first kappa shape index (κ1) is 23.8. The van der Waals surface area contributed by atoms with Gasteiger partial charge in [-0.2, -0.15) is 0 Å². The fourth-order valence-corrected chi connectivity index (χ4v) is 3.64. The summed E-state index contributed by atoms with van der Waals surface area (Å²) in [5.74, 6) is -0.867.